The van der Waals surface area contributed by atoms with E-state index in [0.29, 0.717) is 5.06 Å². The molecule has 0 radical (unpaired) electrons. The number of hydrogen-bond donors (Lipinski definition) is 0. The van der Waals surface area contributed by atoms with E-state index in [1.54, 1.807) is 12.1 Å². The van der Waals surface area contributed by atoms with Crippen LogP contribution in [0.15, 0.2) is 102 Å². The fourth-order valence-electron chi connectivity index (χ4n) is 6.11. The van der Waals surface area contributed by atoms with Crippen molar-refractivity contribution in [2.45, 2.75) is 10.8 Å². The summed E-state index contributed by atoms with van der Waals surface area (Å²) in [6, 6.07) is 27.3. The van der Waals surface area contributed by atoms with Crippen molar-refractivity contribution in [1.82, 2.24) is 14.3 Å². The summed E-state index contributed by atoms with van der Waals surface area (Å²) in [6.45, 7) is 0.455. The summed E-state index contributed by atoms with van der Waals surface area (Å²) in [5.41, 5.74) is 4.50. The minimum Gasteiger partial charge on any atom is -0.448 e. The van der Waals surface area contributed by atoms with E-state index in [2.05, 4.69) is 12.1 Å². The van der Waals surface area contributed by atoms with Crippen LogP contribution in [0.1, 0.15) is 48.1 Å². The average molecular weight is 638 g/mol. The molecule has 4 aromatic rings. The summed E-state index contributed by atoms with van der Waals surface area (Å²) >= 11 is 0. The SMILES string of the molecule is O=C(ON1C(=O)c2ccccc2C1=O)c1cccc(S(=O)(=O)N2CCN(C(=O)OCC3c4ccccc4-c4ccccc43)CC2)c1. The number of hydrogen-bond acceptors (Lipinski definition) is 8. The van der Waals surface area contributed by atoms with Gasteiger partial charge in [0.05, 0.1) is 21.6 Å². The number of nitrogens with zero attached hydrogens (tertiary/aromatic N) is 3. The van der Waals surface area contributed by atoms with Crippen molar-refractivity contribution >= 4 is 33.9 Å². The number of carbonyl (C=O) groups is 4. The highest BCUT2D eigenvalue weighted by atomic mass is 32.2. The van der Waals surface area contributed by atoms with Gasteiger partial charge in [0.25, 0.3) is 11.8 Å². The molecule has 1 saturated heterocycles. The van der Waals surface area contributed by atoms with Gasteiger partial charge < -0.3 is 14.5 Å². The summed E-state index contributed by atoms with van der Waals surface area (Å²) in [5.74, 6) is -2.72. The van der Waals surface area contributed by atoms with Gasteiger partial charge in [0, 0.05) is 32.1 Å². The molecule has 0 bridgehead atoms. The van der Waals surface area contributed by atoms with Gasteiger partial charge in [0.2, 0.25) is 10.0 Å². The zero-order chi connectivity index (χ0) is 32.0. The maximum absolute atomic E-state index is 13.5. The second kappa shape index (κ2) is 11.5. The summed E-state index contributed by atoms with van der Waals surface area (Å²) in [4.78, 5) is 57.4. The third-order valence-electron chi connectivity index (χ3n) is 8.47. The predicted molar refractivity (Wildman–Crippen MR) is 164 cm³/mol. The highest BCUT2D eigenvalue weighted by Crippen LogP contribution is 2.44. The maximum atomic E-state index is 13.5. The molecule has 0 spiro atoms. The Labute approximate surface area is 264 Å². The van der Waals surface area contributed by atoms with E-state index in [0.717, 1.165) is 28.3 Å². The molecular formula is C34H27N3O8S. The third-order valence-corrected chi connectivity index (χ3v) is 10.4. The van der Waals surface area contributed by atoms with Gasteiger partial charge in [-0.15, -0.1) is 0 Å². The normalized spacial score (nSPS) is 16.2. The van der Waals surface area contributed by atoms with Crippen molar-refractivity contribution < 1.29 is 37.2 Å². The first-order chi connectivity index (χ1) is 22.2. The number of benzene rings is 4. The molecule has 2 heterocycles. The van der Waals surface area contributed by atoms with E-state index >= 15 is 0 Å². The van der Waals surface area contributed by atoms with Crippen LogP contribution >= 0.6 is 0 Å². The lowest BCUT2D eigenvalue weighted by atomic mass is 9.98. The highest BCUT2D eigenvalue weighted by molar-refractivity contribution is 7.89. The molecule has 0 saturated carbocycles. The lowest BCUT2D eigenvalue weighted by Crippen LogP contribution is -2.50. The van der Waals surface area contributed by atoms with E-state index in [1.807, 2.05) is 36.4 Å². The van der Waals surface area contributed by atoms with Crippen LogP contribution in [0.3, 0.4) is 0 Å². The van der Waals surface area contributed by atoms with Gasteiger partial charge in [-0.1, -0.05) is 71.8 Å². The molecule has 0 N–H and O–H groups in total. The summed E-state index contributed by atoms with van der Waals surface area (Å²) in [7, 11) is -4.05. The minimum absolute atomic E-state index is 0.0241. The van der Waals surface area contributed by atoms with Gasteiger partial charge >= 0.3 is 12.1 Å². The second-order valence-corrected chi connectivity index (χ2v) is 13.0. The maximum Gasteiger partial charge on any atom is 0.409 e. The van der Waals surface area contributed by atoms with E-state index < -0.39 is 33.9 Å². The average Bonchev–Trinajstić information content (AvgIpc) is 3.54. The topological polar surface area (TPSA) is 131 Å². The van der Waals surface area contributed by atoms with Crippen molar-refractivity contribution in [1.29, 1.82) is 0 Å². The lowest BCUT2D eigenvalue weighted by Gasteiger charge is -2.33. The molecular weight excluding hydrogens is 610 g/mol. The Hall–Kier alpha value is -5.33. The van der Waals surface area contributed by atoms with Crippen LogP contribution in [0.5, 0.6) is 0 Å². The van der Waals surface area contributed by atoms with Gasteiger partial charge in [-0.05, 0) is 52.6 Å². The Morgan fingerprint density at radius 1 is 0.696 bits per heavy atom. The molecule has 1 fully saturated rings. The number of carbonyl (C=O) groups excluding carboxylic acids is 4. The quantitative estimate of drug-likeness (QED) is 0.286. The molecule has 46 heavy (non-hydrogen) atoms. The molecule has 0 aromatic heterocycles. The molecule has 0 atom stereocenters. The number of fused-ring (bicyclic) bond motifs is 4. The van der Waals surface area contributed by atoms with E-state index in [4.69, 9.17) is 9.57 Å². The minimum atomic E-state index is -4.05. The van der Waals surface area contributed by atoms with Crippen LogP contribution in [0.25, 0.3) is 11.1 Å². The Morgan fingerprint density at radius 3 is 1.83 bits per heavy atom. The second-order valence-electron chi connectivity index (χ2n) is 11.1. The fraction of sp³-hybridized carbons (Fsp3) is 0.176. The number of rotatable bonds is 6. The van der Waals surface area contributed by atoms with Crippen molar-refractivity contribution in [2.24, 2.45) is 0 Å². The molecule has 3 amide bonds. The molecule has 11 nitrogen and oxygen atoms in total. The van der Waals surface area contributed by atoms with Crippen molar-refractivity contribution in [2.75, 3.05) is 32.8 Å². The van der Waals surface area contributed by atoms with Gasteiger partial charge in [-0.25, -0.2) is 18.0 Å². The van der Waals surface area contributed by atoms with Crippen LogP contribution in [0.4, 0.5) is 4.79 Å². The first kappa shape index (κ1) is 29.4. The Kier molecular flexibility index (Phi) is 7.38. The third kappa shape index (κ3) is 5.01. The first-order valence-corrected chi connectivity index (χ1v) is 16.1. The first-order valence-electron chi connectivity index (χ1n) is 14.6. The smallest absolute Gasteiger partial charge is 0.409 e. The van der Waals surface area contributed by atoms with Gasteiger partial charge in [-0.2, -0.15) is 4.31 Å². The molecule has 232 valence electrons. The number of amides is 3. The van der Waals surface area contributed by atoms with Gasteiger partial charge in [0.1, 0.15) is 6.61 Å². The van der Waals surface area contributed by atoms with E-state index in [9.17, 15) is 27.6 Å². The monoisotopic (exact) mass is 637 g/mol. The Balaban J connectivity index is 0.972. The number of imide groups is 1. The van der Waals surface area contributed by atoms with Crippen LogP contribution in [0.2, 0.25) is 0 Å². The van der Waals surface area contributed by atoms with E-state index in [-0.39, 0.29) is 60.3 Å². The Bertz CT molecular complexity index is 1940. The summed E-state index contributed by atoms with van der Waals surface area (Å²) in [5, 5.41) is 0.372. The number of sulfonamides is 1. The van der Waals surface area contributed by atoms with Crippen LogP contribution in [-0.2, 0) is 19.6 Å². The fourth-order valence-corrected chi connectivity index (χ4v) is 7.58. The lowest BCUT2D eigenvalue weighted by molar-refractivity contribution is -0.0584. The number of ether oxygens (including phenoxy) is 1. The summed E-state index contributed by atoms with van der Waals surface area (Å²) < 4.78 is 33.9. The Morgan fingerprint density at radius 2 is 1.24 bits per heavy atom. The molecule has 3 aliphatic rings. The molecule has 2 aliphatic heterocycles. The van der Waals surface area contributed by atoms with Gasteiger partial charge in [-0.3, -0.25) is 9.59 Å². The molecule has 12 heteroatoms. The van der Waals surface area contributed by atoms with Crippen molar-refractivity contribution in [3.63, 3.8) is 0 Å². The largest absolute Gasteiger partial charge is 0.448 e. The van der Waals surface area contributed by atoms with Gasteiger partial charge in [0.15, 0.2) is 0 Å². The summed E-state index contributed by atoms with van der Waals surface area (Å²) in [6.07, 6.45) is -0.517. The van der Waals surface area contributed by atoms with E-state index in [1.165, 1.54) is 39.5 Å². The zero-order valence-corrected chi connectivity index (χ0v) is 25.2. The van der Waals surface area contributed by atoms with Crippen molar-refractivity contribution in [3.8, 4) is 11.1 Å². The van der Waals surface area contributed by atoms with Crippen LogP contribution in [-0.4, -0.2) is 79.3 Å². The van der Waals surface area contributed by atoms with Crippen LogP contribution in [0, 0.1) is 0 Å². The number of piperazine rings is 1. The zero-order valence-electron chi connectivity index (χ0n) is 24.4. The molecule has 7 rings (SSSR count). The molecule has 1 aliphatic carbocycles. The highest BCUT2D eigenvalue weighted by Gasteiger charge is 2.39. The molecule has 4 aromatic carbocycles. The standard InChI is InChI=1S/C34H27N3O8S/c38-31-28-14-5-6-15-29(28)32(39)37(31)45-33(40)22-8-7-9-23(20-22)46(42,43)36-18-16-35(17-19-36)34(41)44-21-30-26-12-3-1-10-24(26)25-11-2-4-13-27(25)30/h1-15,20,30H,16-19,21H2. The van der Waals surface area contributed by atoms with Crippen LogP contribution < -0.4 is 0 Å². The number of hydroxylamine groups is 2. The predicted octanol–water partition coefficient (Wildman–Crippen LogP) is 4.31. The van der Waals surface area contributed by atoms with Crippen molar-refractivity contribution in [3.05, 3.63) is 125 Å². The molecule has 0 unspecified atom stereocenters.